The zero-order valence-electron chi connectivity index (χ0n) is 12.7. The summed E-state index contributed by atoms with van der Waals surface area (Å²) in [5.41, 5.74) is 9.42. The largest absolute Gasteiger partial charge is 0.489 e. The van der Waals surface area contributed by atoms with Crippen molar-refractivity contribution in [3.8, 4) is 5.75 Å². The number of hydrogen-bond acceptors (Lipinski definition) is 3. The second-order valence-electron chi connectivity index (χ2n) is 5.47. The van der Waals surface area contributed by atoms with Crippen LogP contribution in [0.25, 0.3) is 0 Å². The lowest BCUT2D eigenvalue weighted by molar-refractivity contribution is 0.303. The Labute approximate surface area is 125 Å². The molecule has 2 aromatic rings. The summed E-state index contributed by atoms with van der Waals surface area (Å²) in [6, 6.07) is 8.62. The number of nitrogens with two attached hydrogens (primary N) is 1. The van der Waals surface area contributed by atoms with E-state index in [9.17, 15) is 0 Å². The van der Waals surface area contributed by atoms with Crippen molar-refractivity contribution in [2.75, 3.05) is 0 Å². The molecule has 0 spiro atoms. The molecule has 0 atom stereocenters. The van der Waals surface area contributed by atoms with Crippen molar-refractivity contribution in [2.45, 2.75) is 46.8 Å². The van der Waals surface area contributed by atoms with Gasteiger partial charge >= 0.3 is 0 Å². The van der Waals surface area contributed by atoms with Gasteiger partial charge in [-0.25, -0.2) is 0 Å². The number of thiophene rings is 1. The van der Waals surface area contributed by atoms with E-state index in [2.05, 4.69) is 52.0 Å². The van der Waals surface area contributed by atoms with Crippen molar-refractivity contribution in [1.82, 2.24) is 0 Å². The zero-order chi connectivity index (χ0) is 14.7. The maximum absolute atomic E-state index is 6.02. The van der Waals surface area contributed by atoms with Crippen LogP contribution in [0.2, 0.25) is 0 Å². The molecular weight excluding hydrogens is 266 g/mol. The van der Waals surface area contributed by atoms with Crippen LogP contribution in [-0.4, -0.2) is 0 Å². The fourth-order valence-electron chi connectivity index (χ4n) is 2.12. The van der Waals surface area contributed by atoms with Crippen molar-refractivity contribution < 1.29 is 4.74 Å². The molecule has 20 heavy (non-hydrogen) atoms. The highest BCUT2D eigenvalue weighted by molar-refractivity contribution is 7.12. The first-order valence-electron chi connectivity index (χ1n) is 7.03. The van der Waals surface area contributed by atoms with Crippen molar-refractivity contribution in [2.24, 2.45) is 5.73 Å². The molecule has 0 saturated carbocycles. The predicted molar refractivity (Wildman–Crippen MR) is 86.5 cm³/mol. The van der Waals surface area contributed by atoms with Crippen LogP contribution in [0.1, 0.15) is 46.2 Å². The molecular formula is C17H23NOS. The third-order valence-electron chi connectivity index (χ3n) is 3.53. The molecule has 108 valence electrons. The van der Waals surface area contributed by atoms with E-state index in [1.807, 2.05) is 0 Å². The summed E-state index contributed by atoms with van der Waals surface area (Å²) >= 11 is 1.76. The van der Waals surface area contributed by atoms with Crippen LogP contribution in [-0.2, 0) is 13.2 Å². The van der Waals surface area contributed by atoms with Gasteiger partial charge in [-0.2, -0.15) is 0 Å². The van der Waals surface area contributed by atoms with Gasteiger partial charge in [0.2, 0.25) is 0 Å². The molecule has 2 N–H and O–H groups in total. The minimum absolute atomic E-state index is 0.518. The van der Waals surface area contributed by atoms with Crippen molar-refractivity contribution in [3.05, 3.63) is 50.7 Å². The van der Waals surface area contributed by atoms with E-state index in [0.717, 1.165) is 5.75 Å². The summed E-state index contributed by atoms with van der Waals surface area (Å²) < 4.78 is 6.02. The Kier molecular flexibility index (Phi) is 4.84. The fourth-order valence-corrected chi connectivity index (χ4v) is 3.05. The first kappa shape index (κ1) is 15.1. The molecule has 0 bridgehead atoms. The van der Waals surface area contributed by atoms with E-state index in [1.165, 1.54) is 26.4 Å². The van der Waals surface area contributed by atoms with Crippen molar-refractivity contribution in [1.29, 1.82) is 0 Å². The van der Waals surface area contributed by atoms with Gasteiger partial charge in [0.1, 0.15) is 12.4 Å². The predicted octanol–water partition coefficient (Wildman–Crippen LogP) is 4.53. The number of aryl methyl sites for hydroxylation is 2. The molecule has 0 fully saturated rings. The molecule has 3 heteroatoms. The normalized spacial score (nSPS) is 11.1. The number of ether oxygens (including phenoxy) is 1. The van der Waals surface area contributed by atoms with Crippen LogP contribution < -0.4 is 10.5 Å². The monoisotopic (exact) mass is 289 g/mol. The Hall–Kier alpha value is -1.32. The lowest BCUT2D eigenvalue weighted by Crippen LogP contribution is -1.99. The van der Waals surface area contributed by atoms with E-state index in [-0.39, 0.29) is 0 Å². The number of rotatable bonds is 5. The van der Waals surface area contributed by atoms with E-state index < -0.39 is 0 Å². The summed E-state index contributed by atoms with van der Waals surface area (Å²) in [6.45, 7) is 9.83. The average Bonchev–Trinajstić information content (AvgIpc) is 2.78. The van der Waals surface area contributed by atoms with Gasteiger partial charge in [-0.05, 0) is 43.0 Å². The first-order valence-corrected chi connectivity index (χ1v) is 7.84. The van der Waals surface area contributed by atoms with Crippen LogP contribution in [0.15, 0.2) is 24.3 Å². The molecule has 1 aromatic heterocycles. The van der Waals surface area contributed by atoms with Gasteiger partial charge in [0.15, 0.2) is 0 Å². The standard InChI is InChI=1S/C17H23NOS/c1-11(2)14-6-5-12(3)17(8-14)19-10-15-7-16(9-18)20-13(15)4/h5-8,11H,9-10,18H2,1-4H3. The van der Waals surface area contributed by atoms with Gasteiger partial charge in [-0.3, -0.25) is 0 Å². The summed E-state index contributed by atoms with van der Waals surface area (Å²) in [4.78, 5) is 2.51. The molecule has 1 aromatic carbocycles. The molecule has 0 amide bonds. The molecule has 2 rings (SSSR count). The zero-order valence-corrected chi connectivity index (χ0v) is 13.5. The molecule has 0 aliphatic rings. The summed E-state index contributed by atoms with van der Waals surface area (Å²) in [7, 11) is 0. The Morgan fingerprint density at radius 1 is 1.20 bits per heavy atom. The van der Waals surface area contributed by atoms with Gasteiger partial charge in [0.25, 0.3) is 0 Å². The van der Waals surface area contributed by atoms with Crippen LogP contribution in [0.3, 0.4) is 0 Å². The highest BCUT2D eigenvalue weighted by Crippen LogP contribution is 2.27. The highest BCUT2D eigenvalue weighted by atomic mass is 32.1. The second kappa shape index (κ2) is 6.42. The minimum Gasteiger partial charge on any atom is -0.489 e. The number of benzene rings is 1. The SMILES string of the molecule is Cc1ccc(C(C)C)cc1OCc1cc(CN)sc1C. The summed E-state index contributed by atoms with van der Waals surface area (Å²) in [5.74, 6) is 1.50. The third kappa shape index (κ3) is 3.41. The van der Waals surface area contributed by atoms with Gasteiger partial charge in [0, 0.05) is 21.9 Å². The molecule has 0 unspecified atom stereocenters. The lowest BCUT2D eigenvalue weighted by atomic mass is 10.0. The van der Waals surface area contributed by atoms with Crippen LogP contribution in [0.4, 0.5) is 0 Å². The van der Waals surface area contributed by atoms with Crippen LogP contribution >= 0.6 is 11.3 Å². The number of hydrogen-bond donors (Lipinski definition) is 1. The highest BCUT2D eigenvalue weighted by Gasteiger charge is 2.08. The van der Waals surface area contributed by atoms with Gasteiger partial charge < -0.3 is 10.5 Å². The molecule has 0 saturated heterocycles. The van der Waals surface area contributed by atoms with Gasteiger partial charge in [0.05, 0.1) is 0 Å². The maximum atomic E-state index is 6.02. The van der Waals surface area contributed by atoms with E-state index in [1.54, 1.807) is 11.3 Å². The van der Waals surface area contributed by atoms with Crippen LogP contribution in [0.5, 0.6) is 5.75 Å². The summed E-state index contributed by atoms with van der Waals surface area (Å²) in [6.07, 6.45) is 0. The first-order chi connectivity index (χ1) is 9.51. The van der Waals surface area contributed by atoms with Crippen molar-refractivity contribution in [3.63, 3.8) is 0 Å². The Morgan fingerprint density at radius 2 is 1.95 bits per heavy atom. The van der Waals surface area contributed by atoms with E-state index >= 15 is 0 Å². The van der Waals surface area contributed by atoms with Gasteiger partial charge in [-0.1, -0.05) is 26.0 Å². The lowest BCUT2D eigenvalue weighted by Gasteiger charge is -2.12. The topological polar surface area (TPSA) is 35.2 Å². The Balaban J connectivity index is 2.13. The quantitative estimate of drug-likeness (QED) is 0.878. The van der Waals surface area contributed by atoms with E-state index in [4.69, 9.17) is 10.5 Å². The molecule has 0 aliphatic heterocycles. The van der Waals surface area contributed by atoms with E-state index in [0.29, 0.717) is 19.1 Å². The Bertz CT molecular complexity index is 587. The molecule has 0 aliphatic carbocycles. The smallest absolute Gasteiger partial charge is 0.123 e. The molecule has 1 heterocycles. The second-order valence-corrected chi connectivity index (χ2v) is 6.81. The fraction of sp³-hybridized carbons (Fsp3) is 0.412. The summed E-state index contributed by atoms with van der Waals surface area (Å²) in [5, 5.41) is 0. The van der Waals surface area contributed by atoms with Gasteiger partial charge in [-0.15, -0.1) is 11.3 Å². The average molecular weight is 289 g/mol. The maximum Gasteiger partial charge on any atom is 0.123 e. The Morgan fingerprint density at radius 3 is 2.55 bits per heavy atom. The molecule has 0 radical (unpaired) electrons. The molecule has 2 nitrogen and oxygen atoms in total. The third-order valence-corrected chi connectivity index (χ3v) is 4.65. The van der Waals surface area contributed by atoms with Crippen LogP contribution in [0, 0.1) is 13.8 Å². The van der Waals surface area contributed by atoms with Crippen molar-refractivity contribution >= 4 is 11.3 Å². The minimum atomic E-state index is 0.518.